The van der Waals surface area contributed by atoms with Crippen LogP contribution < -0.4 is 5.32 Å². The summed E-state index contributed by atoms with van der Waals surface area (Å²) < 4.78 is 0. The fourth-order valence-corrected chi connectivity index (χ4v) is 6.34. The molecule has 2 aromatic rings. The summed E-state index contributed by atoms with van der Waals surface area (Å²) in [5.74, 6) is 0.358. The number of nitrogens with one attached hydrogen (secondary N) is 2. The van der Waals surface area contributed by atoms with E-state index in [0.717, 1.165) is 36.6 Å². The van der Waals surface area contributed by atoms with Crippen LogP contribution >= 0.6 is 0 Å². The Labute approximate surface area is 207 Å². The Bertz CT molecular complexity index is 1090. The van der Waals surface area contributed by atoms with E-state index in [4.69, 9.17) is 0 Å². The first-order chi connectivity index (χ1) is 16.6. The van der Waals surface area contributed by atoms with Gasteiger partial charge < -0.3 is 20.1 Å². The molecule has 3 heterocycles. The fourth-order valence-electron chi connectivity index (χ4n) is 6.34. The van der Waals surface area contributed by atoms with E-state index < -0.39 is 11.5 Å². The molecule has 0 spiro atoms. The van der Waals surface area contributed by atoms with Crippen LogP contribution in [0.1, 0.15) is 70.3 Å². The van der Waals surface area contributed by atoms with Gasteiger partial charge in [0.15, 0.2) is 0 Å². The van der Waals surface area contributed by atoms with Gasteiger partial charge in [-0.15, -0.1) is 0 Å². The minimum absolute atomic E-state index is 0.00914. The van der Waals surface area contributed by atoms with Gasteiger partial charge in [0, 0.05) is 35.8 Å². The first-order valence-electron chi connectivity index (χ1n) is 13.1. The zero-order valence-electron chi connectivity index (χ0n) is 21.3. The smallest absolute Gasteiger partial charge is 0.268 e. The first kappa shape index (κ1) is 23.9. The van der Waals surface area contributed by atoms with Gasteiger partial charge >= 0.3 is 0 Å². The van der Waals surface area contributed by atoms with Crippen LogP contribution in [0.2, 0.25) is 0 Å². The Balaban J connectivity index is 1.30. The zero-order valence-corrected chi connectivity index (χ0v) is 21.3. The molecule has 0 radical (unpaired) electrons. The first-order valence-corrected chi connectivity index (χ1v) is 13.1. The Morgan fingerprint density at radius 3 is 2.29 bits per heavy atom. The Hall–Kier alpha value is -2.83. The molecule has 7 heteroatoms. The molecule has 2 saturated heterocycles. The lowest BCUT2D eigenvalue weighted by Gasteiger charge is -2.40. The third kappa shape index (κ3) is 4.34. The van der Waals surface area contributed by atoms with Crippen molar-refractivity contribution >= 4 is 28.6 Å². The van der Waals surface area contributed by atoms with Crippen molar-refractivity contribution < 1.29 is 14.4 Å². The number of piperazine rings is 1. The number of carbonyl (C=O) groups excluding carboxylic acids is 3. The highest BCUT2D eigenvalue weighted by Gasteiger charge is 2.54. The van der Waals surface area contributed by atoms with E-state index in [1.807, 2.05) is 56.0 Å². The number of benzene rings is 1. The second kappa shape index (κ2) is 8.99. The van der Waals surface area contributed by atoms with Crippen LogP contribution in [-0.4, -0.2) is 63.7 Å². The standard InChI is InChI=1S/C28H38N4O3/c1-17-22-16-32(23(17)15-31(22)26(34)18-10-6-5-7-11-18)27(35)24(28(2,3)4)30-25(33)21-14-19-12-8-9-13-20(19)29-21/h8-9,12-14,17-18,22-24,29H,5-7,10-11,15-16H2,1-4H3,(H,30,33). The summed E-state index contributed by atoms with van der Waals surface area (Å²) in [6, 6.07) is 9.00. The van der Waals surface area contributed by atoms with Gasteiger partial charge in [0.2, 0.25) is 11.8 Å². The third-order valence-corrected chi connectivity index (χ3v) is 8.47. The number of para-hydroxylation sites is 1. The van der Waals surface area contributed by atoms with Gasteiger partial charge in [-0.1, -0.05) is 65.2 Å². The van der Waals surface area contributed by atoms with Crippen molar-refractivity contribution in [2.75, 3.05) is 13.1 Å². The second-order valence-corrected chi connectivity index (χ2v) is 11.9. The molecule has 1 saturated carbocycles. The van der Waals surface area contributed by atoms with Crippen LogP contribution in [0.15, 0.2) is 30.3 Å². The number of nitrogens with zero attached hydrogens (tertiary/aromatic N) is 2. The third-order valence-electron chi connectivity index (χ3n) is 8.47. The van der Waals surface area contributed by atoms with Gasteiger partial charge in [0.1, 0.15) is 11.7 Å². The summed E-state index contributed by atoms with van der Waals surface area (Å²) in [7, 11) is 0. The van der Waals surface area contributed by atoms with E-state index >= 15 is 0 Å². The van der Waals surface area contributed by atoms with Gasteiger partial charge in [0.25, 0.3) is 5.91 Å². The fraction of sp³-hybridized carbons (Fsp3) is 0.607. The Morgan fingerprint density at radius 2 is 1.66 bits per heavy atom. The van der Waals surface area contributed by atoms with Crippen molar-refractivity contribution in [2.45, 2.75) is 77.9 Å². The second-order valence-electron chi connectivity index (χ2n) is 11.9. The van der Waals surface area contributed by atoms with Crippen molar-refractivity contribution in [2.24, 2.45) is 17.3 Å². The Morgan fingerprint density at radius 1 is 1.00 bits per heavy atom. The maximum absolute atomic E-state index is 13.8. The summed E-state index contributed by atoms with van der Waals surface area (Å²) in [6.45, 7) is 9.27. The highest BCUT2D eigenvalue weighted by molar-refractivity contribution is 6.00. The molecule has 35 heavy (non-hydrogen) atoms. The molecule has 3 amide bonds. The quantitative estimate of drug-likeness (QED) is 0.698. The molecule has 3 fully saturated rings. The molecule has 188 valence electrons. The normalized spacial score (nSPS) is 25.8. The van der Waals surface area contributed by atoms with Crippen LogP contribution in [0.4, 0.5) is 0 Å². The molecule has 1 aromatic carbocycles. The molecule has 4 atom stereocenters. The van der Waals surface area contributed by atoms with E-state index in [1.165, 1.54) is 6.42 Å². The van der Waals surface area contributed by atoms with Crippen LogP contribution in [0.25, 0.3) is 10.9 Å². The molecule has 7 nitrogen and oxygen atoms in total. The van der Waals surface area contributed by atoms with Crippen LogP contribution in [0.3, 0.4) is 0 Å². The molecule has 1 aliphatic carbocycles. The van der Waals surface area contributed by atoms with Crippen molar-refractivity contribution in [3.05, 3.63) is 36.0 Å². The summed E-state index contributed by atoms with van der Waals surface area (Å²) in [5, 5.41) is 3.99. The number of H-pyrrole nitrogens is 1. The van der Waals surface area contributed by atoms with Crippen molar-refractivity contribution in [1.29, 1.82) is 0 Å². The average molecular weight is 479 g/mol. The van der Waals surface area contributed by atoms with Gasteiger partial charge in [0.05, 0.1) is 12.1 Å². The van der Waals surface area contributed by atoms with Crippen LogP contribution in [0, 0.1) is 17.3 Å². The molecule has 5 rings (SSSR count). The molecule has 2 bridgehead atoms. The maximum atomic E-state index is 13.8. The van der Waals surface area contributed by atoms with Gasteiger partial charge in [-0.3, -0.25) is 14.4 Å². The summed E-state index contributed by atoms with van der Waals surface area (Å²) in [5.41, 5.74) is 0.889. The summed E-state index contributed by atoms with van der Waals surface area (Å²) in [6.07, 6.45) is 5.50. The predicted octanol–water partition coefficient (Wildman–Crippen LogP) is 3.95. The van der Waals surface area contributed by atoms with Crippen LogP contribution in [0.5, 0.6) is 0 Å². The molecular weight excluding hydrogens is 440 g/mol. The molecular formula is C28H38N4O3. The van der Waals surface area contributed by atoms with Crippen molar-refractivity contribution in [1.82, 2.24) is 20.1 Å². The summed E-state index contributed by atoms with van der Waals surface area (Å²) in [4.78, 5) is 47.4. The SMILES string of the molecule is CC1C2CN(C(=O)C(NC(=O)c3cc4ccccc4[nH]3)C(C)(C)C)C1CN2C(=O)C1CCCCC1. The van der Waals surface area contributed by atoms with E-state index in [2.05, 4.69) is 22.1 Å². The van der Waals surface area contributed by atoms with E-state index in [9.17, 15) is 14.4 Å². The number of fused-ring (bicyclic) bond motifs is 3. The highest BCUT2D eigenvalue weighted by Crippen LogP contribution is 2.39. The monoisotopic (exact) mass is 478 g/mol. The lowest BCUT2D eigenvalue weighted by atomic mass is 9.85. The maximum Gasteiger partial charge on any atom is 0.268 e. The minimum atomic E-state index is -0.657. The number of aromatic amines is 1. The minimum Gasteiger partial charge on any atom is -0.351 e. The van der Waals surface area contributed by atoms with E-state index in [0.29, 0.717) is 18.8 Å². The number of rotatable bonds is 4. The number of hydrogen-bond donors (Lipinski definition) is 2. The van der Waals surface area contributed by atoms with Crippen molar-refractivity contribution in [3.8, 4) is 0 Å². The molecule has 2 aliphatic heterocycles. The molecule has 4 unspecified atom stereocenters. The molecule has 1 aromatic heterocycles. The topological polar surface area (TPSA) is 85.5 Å². The van der Waals surface area contributed by atoms with E-state index in [-0.39, 0.29) is 41.6 Å². The van der Waals surface area contributed by atoms with Crippen LogP contribution in [-0.2, 0) is 9.59 Å². The number of likely N-dealkylation sites (tertiary alicyclic amines) is 2. The number of aromatic nitrogens is 1. The van der Waals surface area contributed by atoms with Gasteiger partial charge in [-0.05, 0) is 30.4 Å². The Kier molecular flexibility index (Phi) is 6.14. The van der Waals surface area contributed by atoms with Gasteiger partial charge in [-0.2, -0.15) is 0 Å². The van der Waals surface area contributed by atoms with E-state index in [1.54, 1.807) is 0 Å². The lowest BCUT2D eigenvalue weighted by Crippen LogP contribution is -2.59. The lowest BCUT2D eigenvalue weighted by molar-refractivity contribution is -0.145. The summed E-state index contributed by atoms with van der Waals surface area (Å²) >= 11 is 0. The average Bonchev–Trinajstić information content (AvgIpc) is 3.51. The zero-order chi connectivity index (χ0) is 24.9. The number of hydrogen-bond acceptors (Lipinski definition) is 3. The molecule has 3 aliphatic rings. The van der Waals surface area contributed by atoms with Crippen molar-refractivity contribution in [3.63, 3.8) is 0 Å². The predicted molar refractivity (Wildman–Crippen MR) is 136 cm³/mol. The number of carbonyl (C=O) groups is 3. The molecule has 2 N–H and O–H groups in total. The largest absolute Gasteiger partial charge is 0.351 e. The highest BCUT2D eigenvalue weighted by atomic mass is 16.2. The number of amides is 3. The van der Waals surface area contributed by atoms with Gasteiger partial charge in [-0.25, -0.2) is 0 Å².